The van der Waals surface area contributed by atoms with Crippen LogP contribution in [0.25, 0.3) is 22.3 Å². The molecule has 0 saturated heterocycles. The highest BCUT2D eigenvalue weighted by atomic mass is 19.1. The lowest BCUT2D eigenvalue weighted by Crippen LogP contribution is -2.06. The minimum absolute atomic E-state index is 0.0620. The van der Waals surface area contributed by atoms with Gasteiger partial charge >= 0.3 is 0 Å². The zero-order chi connectivity index (χ0) is 14.3. The molecule has 0 aliphatic heterocycles. The summed E-state index contributed by atoms with van der Waals surface area (Å²) >= 11 is 0. The van der Waals surface area contributed by atoms with E-state index in [2.05, 4.69) is 4.98 Å². The summed E-state index contributed by atoms with van der Waals surface area (Å²) in [5.41, 5.74) is 11.3. The summed E-state index contributed by atoms with van der Waals surface area (Å²) in [4.78, 5) is 15.9. The lowest BCUT2D eigenvalue weighted by atomic mass is 10.1. The Kier molecular flexibility index (Phi) is 2.64. The second kappa shape index (κ2) is 4.34. The van der Waals surface area contributed by atoms with E-state index < -0.39 is 5.82 Å². The van der Waals surface area contributed by atoms with Gasteiger partial charge in [0.25, 0.3) is 0 Å². The quantitative estimate of drug-likeness (QED) is 0.661. The molecule has 3 rings (SSSR count). The Hall–Kier alpha value is -2.89. The van der Waals surface area contributed by atoms with Gasteiger partial charge in [-0.05, 0) is 18.2 Å². The highest BCUT2D eigenvalue weighted by Gasteiger charge is 2.14. The van der Waals surface area contributed by atoms with Crippen LogP contribution in [0.15, 0.2) is 45.9 Å². The summed E-state index contributed by atoms with van der Waals surface area (Å²) in [6.45, 7) is 0. The molecule has 0 unspecified atom stereocenters. The number of hydrogen-bond donors (Lipinski definition) is 2. The third-order valence-electron chi connectivity index (χ3n) is 3.01. The van der Waals surface area contributed by atoms with Crippen molar-refractivity contribution in [1.82, 2.24) is 4.98 Å². The minimum Gasteiger partial charge on any atom is -0.454 e. The van der Waals surface area contributed by atoms with E-state index in [4.69, 9.17) is 15.9 Å². The zero-order valence-electron chi connectivity index (χ0n) is 10.3. The van der Waals surface area contributed by atoms with Crippen LogP contribution in [0.5, 0.6) is 0 Å². The molecule has 0 spiro atoms. The lowest BCUT2D eigenvalue weighted by molar-refractivity contribution is 0.612. The van der Waals surface area contributed by atoms with Crippen LogP contribution in [0, 0.1) is 5.82 Å². The lowest BCUT2D eigenvalue weighted by Gasteiger charge is -2.07. The number of nitrogens with two attached hydrogens (primary N) is 2. The van der Waals surface area contributed by atoms with Gasteiger partial charge in [0.05, 0.1) is 11.1 Å². The Morgan fingerprint density at radius 1 is 1.10 bits per heavy atom. The van der Waals surface area contributed by atoms with Crippen LogP contribution in [0.4, 0.5) is 15.8 Å². The third kappa shape index (κ3) is 1.78. The summed E-state index contributed by atoms with van der Waals surface area (Å²) < 4.78 is 19.1. The van der Waals surface area contributed by atoms with Gasteiger partial charge in [-0.2, -0.15) is 0 Å². The van der Waals surface area contributed by atoms with Crippen molar-refractivity contribution in [2.24, 2.45) is 0 Å². The van der Waals surface area contributed by atoms with Crippen molar-refractivity contribution in [3.05, 3.63) is 52.7 Å². The predicted octanol–water partition coefficient (Wildman–Crippen LogP) is 2.16. The average Bonchev–Trinajstić information content (AvgIpc) is 2.47. The van der Waals surface area contributed by atoms with E-state index in [1.165, 1.54) is 6.07 Å². The Balaban J connectivity index is 2.38. The average molecular weight is 271 g/mol. The largest absolute Gasteiger partial charge is 0.454 e. The van der Waals surface area contributed by atoms with E-state index in [-0.39, 0.29) is 27.8 Å². The summed E-state index contributed by atoms with van der Waals surface area (Å²) in [6.07, 6.45) is 3.14. The fourth-order valence-corrected chi connectivity index (χ4v) is 1.95. The van der Waals surface area contributed by atoms with Crippen LogP contribution in [0.1, 0.15) is 0 Å². The van der Waals surface area contributed by atoms with E-state index >= 15 is 0 Å². The van der Waals surface area contributed by atoms with Crippen LogP contribution in [-0.4, -0.2) is 4.98 Å². The number of halogens is 1. The van der Waals surface area contributed by atoms with Gasteiger partial charge in [0.1, 0.15) is 17.3 Å². The van der Waals surface area contributed by atoms with Crippen molar-refractivity contribution in [3.63, 3.8) is 0 Å². The molecule has 2 heterocycles. The first-order valence-electron chi connectivity index (χ1n) is 5.79. The van der Waals surface area contributed by atoms with Gasteiger partial charge in [0.2, 0.25) is 0 Å². The minimum atomic E-state index is -0.737. The number of nitrogen functional groups attached to an aromatic ring is 2. The van der Waals surface area contributed by atoms with E-state index in [1.54, 1.807) is 24.5 Å². The first-order valence-corrected chi connectivity index (χ1v) is 5.79. The molecule has 0 atom stereocenters. The molecule has 3 aromatic rings. The molecular weight excluding hydrogens is 261 g/mol. The van der Waals surface area contributed by atoms with Gasteiger partial charge < -0.3 is 15.9 Å². The molecule has 0 saturated carbocycles. The normalized spacial score (nSPS) is 10.8. The number of pyridine rings is 1. The molecule has 1 aromatic carbocycles. The fraction of sp³-hybridized carbons (Fsp3) is 0. The molecule has 0 radical (unpaired) electrons. The van der Waals surface area contributed by atoms with E-state index in [1.807, 2.05) is 0 Å². The smallest absolute Gasteiger partial charge is 0.193 e. The number of fused-ring (bicyclic) bond motifs is 1. The maximum absolute atomic E-state index is 13.5. The second-order valence-electron chi connectivity index (χ2n) is 4.27. The van der Waals surface area contributed by atoms with Crippen molar-refractivity contribution >= 4 is 22.3 Å². The number of aromatic nitrogens is 1. The predicted molar refractivity (Wildman–Crippen MR) is 74.5 cm³/mol. The maximum atomic E-state index is 13.5. The molecule has 6 heteroatoms. The highest BCUT2D eigenvalue weighted by Crippen LogP contribution is 2.30. The van der Waals surface area contributed by atoms with Gasteiger partial charge in [0.15, 0.2) is 11.0 Å². The molecule has 5 nitrogen and oxygen atoms in total. The van der Waals surface area contributed by atoms with E-state index in [0.29, 0.717) is 11.3 Å². The Bertz CT molecular complexity index is 860. The van der Waals surface area contributed by atoms with Crippen LogP contribution < -0.4 is 16.9 Å². The molecule has 2 aromatic heterocycles. The van der Waals surface area contributed by atoms with Crippen molar-refractivity contribution in [2.45, 2.75) is 0 Å². The fourth-order valence-electron chi connectivity index (χ4n) is 1.95. The van der Waals surface area contributed by atoms with Gasteiger partial charge in [-0.1, -0.05) is 0 Å². The van der Waals surface area contributed by atoms with Crippen LogP contribution >= 0.6 is 0 Å². The molecule has 4 N–H and O–H groups in total. The zero-order valence-corrected chi connectivity index (χ0v) is 10.3. The number of rotatable bonds is 1. The van der Waals surface area contributed by atoms with Crippen molar-refractivity contribution in [1.29, 1.82) is 0 Å². The summed E-state index contributed by atoms with van der Waals surface area (Å²) in [5, 5.41) is 0.0620. The van der Waals surface area contributed by atoms with Crippen LogP contribution in [-0.2, 0) is 0 Å². The Labute approximate surface area is 112 Å². The molecule has 0 fully saturated rings. The van der Waals surface area contributed by atoms with Gasteiger partial charge in [-0.3, -0.25) is 9.78 Å². The number of anilines is 2. The first kappa shape index (κ1) is 12.2. The van der Waals surface area contributed by atoms with Crippen molar-refractivity contribution in [3.8, 4) is 11.3 Å². The second-order valence-corrected chi connectivity index (χ2v) is 4.27. The van der Waals surface area contributed by atoms with Gasteiger partial charge in [0, 0.05) is 24.0 Å². The molecule has 0 bridgehead atoms. The highest BCUT2D eigenvalue weighted by molar-refractivity contribution is 5.94. The standard InChI is InChI=1S/C14H10FN3O2/c15-9-5-8-10(19)6-11(7-1-3-18-4-2-7)20-14(8)13(17)12(9)16/h1-6H,16-17H2. The van der Waals surface area contributed by atoms with Crippen LogP contribution in [0.3, 0.4) is 0 Å². The number of benzene rings is 1. The summed E-state index contributed by atoms with van der Waals surface area (Å²) in [7, 11) is 0. The molecule has 20 heavy (non-hydrogen) atoms. The number of hydrogen-bond acceptors (Lipinski definition) is 5. The summed E-state index contributed by atoms with van der Waals surface area (Å²) in [6, 6.07) is 5.69. The SMILES string of the molecule is Nc1c(F)cc2c(=O)cc(-c3ccncc3)oc2c1N. The molecule has 0 aliphatic rings. The van der Waals surface area contributed by atoms with E-state index in [0.717, 1.165) is 6.07 Å². The molecule has 100 valence electrons. The van der Waals surface area contributed by atoms with Crippen LogP contribution in [0.2, 0.25) is 0 Å². The van der Waals surface area contributed by atoms with Crippen molar-refractivity contribution < 1.29 is 8.81 Å². The monoisotopic (exact) mass is 271 g/mol. The van der Waals surface area contributed by atoms with E-state index in [9.17, 15) is 9.18 Å². The Morgan fingerprint density at radius 2 is 1.80 bits per heavy atom. The van der Waals surface area contributed by atoms with Gasteiger partial charge in [-0.25, -0.2) is 4.39 Å². The molecule has 0 amide bonds. The van der Waals surface area contributed by atoms with Gasteiger partial charge in [-0.15, -0.1) is 0 Å². The Morgan fingerprint density at radius 3 is 2.50 bits per heavy atom. The topological polar surface area (TPSA) is 95.1 Å². The number of nitrogens with zero attached hydrogens (tertiary/aromatic N) is 1. The molecular formula is C14H10FN3O2. The first-order chi connectivity index (χ1) is 9.58. The third-order valence-corrected chi connectivity index (χ3v) is 3.01. The maximum Gasteiger partial charge on any atom is 0.193 e. The molecule has 0 aliphatic carbocycles. The van der Waals surface area contributed by atoms with Crippen molar-refractivity contribution in [2.75, 3.05) is 11.5 Å². The summed E-state index contributed by atoms with van der Waals surface area (Å²) in [5.74, 6) is -0.415.